The second-order valence-electron chi connectivity index (χ2n) is 8.63. The van der Waals surface area contributed by atoms with Gasteiger partial charge in [-0.1, -0.05) is 91.0 Å². The van der Waals surface area contributed by atoms with E-state index in [1.807, 2.05) is 91.0 Å². The van der Waals surface area contributed by atoms with Gasteiger partial charge in [0.15, 0.2) is 5.79 Å². The molecule has 0 spiro atoms. The van der Waals surface area contributed by atoms with Crippen LogP contribution in [0.1, 0.15) is 30.0 Å². The molecule has 33 heavy (non-hydrogen) atoms. The molecule has 1 N–H and O–H groups in total. The molecule has 1 fully saturated rings. The van der Waals surface area contributed by atoms with Gasteiger partial charge in [-0.3, -0.25) is 0 Å². The maximum absolute atomic E-state index is 10.8. The molecular formula is C28H32O5. The molecule has 1 saturated heterocycles. The Morgan fingerprint density at radius 3 is 1.79 bits per heavy atom. The van der Waals surface area contributed by atoms with Gasteiger partial charge in [0.1, 0.15) is 12.2 Å². The zero-order chi connectivity index (χ0) is 22.9. The average Bonchev–Trinajstić information content (AvgIpc) is 2.83. The zero-order valence-corrected chi connectivity index (χ0v) is 19.0. The first-order valence-corrected chi connectivity index (χ1v) is 11.4. The first-order valence-electron chi connectivity index (χ1n) is 11.4. The average molecular weight is 449 g/mol. The van der Waals surface area contributed by atoms with Crippen LogP contribution in [-0.4, -0.2) is 35.8 Å². The van der Waals surface area contributed by atoms with Crippen molar-refractivity contribution < 1.29 is 24.1 Å². The van der Waals surface area contributed by atoms with Gasteiger partial charge in [-0.05, 0) is 23.6 Å². The van der Waals surface area contributed by atoms with Gasteiger partial charge in [0, 0.05) is 6.42 Å². The van der Waals surface area contributed by atoms with Gasteiger partial charge in [-0.2, -0.15) is 0 Å². The summed E-state index contributed by atoms with van der Waals surface area (Å²) in [6.45, 7) is 3.28. The summed E-state index contributed by atoms with van der Waals surface area (Å²) in [7, 11) is 0. The fourth-order valence-electron chi connectivity index (χ4n) is 4.08. The van der Waals surface area contributed by atoms with Crippen molar-refractivity contribution in [3.05, 3.63) is 108 Å². The molecule has 0 aromatic heterocycles. The Balaban J connectivity index is 1.46. The van der Waals surface area contributed by atoms with E-state index in [9.17, 15) is 5.11 Å². The van der Waals surface area contributed by atoms with Gasteiger partial charge in [0.25, 0.3) is 0 Å². The Bertz CT molecular complexity index is 946. The standard InChI is InChI=1S/C28H32O5/c1-28(29)17-25(31-19-23-13-7-3-8-14-23)27(32-20-24-15-9-4-10-16-24)26(33-28)21-30-18-22-11-5-2-6-12-22/h2-16,25-27,29H,17-21H2,1H3/t25-,26-,27-,28+/m1/s1. The van der Waals surface area contributed by atoms with Crippen molar-refractivity contribution in [3.63, 3.8) is 0 Å². The molecule has 0 aliphatic carbocycles. The molecule has 1 heterocycles. The van der Waals surface area contributed by atoms with Gasteiger partial charge < -0.3 is 24.1 Å². The second-order valence-corrected chi connectivity index (χ2v) is 8.63. The quantitative estimate of drug-likeness (QED) is 0.480. The molecule has 1 aliphatic rings. The molecule has 3 aromatic carbocycles. The summed E-state index contributed by atoms with van der Waals surface area (Å²) in [5, 5.41) is 10.8. The van der Waals surface area contributed by atoms with Crippen molar-refractivity contribution in [1.82, 2.24) is 0 Å². The molecule has 4 rings (SSSR count). The number of hydrogen-bond acceptors (Lipinski definition) is 5. The predicted molar refractivity (Wildman–Crippen MR) is 126 cm³/mol. The van der Waals surface area contributed by atoms with Crippen molar-refractivity contribution >= 4 is 0 Å². The Morgan fingerprint density at radius 1 is 0.758 bits per heavy atom. The first-order chi connectivity index (χ1) is 16.1. The monoisotopic (exact) mass is 448 g/mol. The van der Waals surface area contributed by atoms with E-state index >= 15 is 0 Å². The van der Waals surface area contributed by atoms with Crippen LogP contribution in [0.2, 0.25) is 0 Å². The molecule has 174 valence electrons. The lowest BCUT2D eigenvalue weighted by molar-refractivity contribution is -0.313. The summed E-state index contributed by atoms with van der Waals surface area (Å²) in [6, 6.07) is 30.0. The van der Waals surface area contributed by atoms with E-state index in [0.717, 1.165) is 16.7 Å². The van der Waals surface area contributed by atoms with E-state index < -0.39 is 11.9 Å². The lowest BCUT2D eigenvalue weighted by Crippen LogP contribution is -2.56. The third kappa shape index (κ3) is 7.22. The lowest BCUT2D eigenvalue weighted by atomic mass is 9.96. The van der Waals surface area contributed by atoms with Gasteiger partial charge in [0.2, 0.25) is 0 Å². The van der Waals surface area contributed by atoms with E-state index in [-0.39, 0.29) is 18.8 Å². The minimum atomic E-state index is -1.32. The summed E-state index contributed by atoms with van der Waals surface area (Å²) >= 11 is 0. The van der Waals surface area contributed by atoms with Crippen molar-refractivity contribution in [2.45, 2.75) is 57.3 Å². The van der Waals surface area contributed by atoms with E-state index in [4.69, 9.17) is 18.9 Å². The molecule has 1 aliphatic heterocycles. The minimum absolute atomic E-state index is 0.287. The Morgan fingerprint density at radius 2 is 1.24 bits per heavy atom. The van der Waals surface area contributed by atoms with Crippen LogP contribution in [0.3, 0.4) is 0 Å². The Hall–Kier alpha value is -2.54. The molecule has 0 bridgehead atoms. The zero-order valence-electron chi connectivity index (χ0n) is 19.0. The predicted octanol–water partition coefficient (Wildman–Crippen LogP) is 4.87. The highest BCUT2D eigenvalue weighted by Crippen LogP contribution is 2.32. The van der Waals surface area contributed by atoms with Crippen LogP contribution >= 0.6 is 0 Å². The van der Waals surface area contributed by atoms with E-state index in [2.05, 4.69) is 0 Å². The van der Waals surface area contributed by atoms with Crippen LogP contribution in [0.15, 0.2) is 91.0 Å². The van der Waals surface area contributed by atoms with Crippen molar-refractivity contribution in [2.75, 3.05) is 6.61 Å². The smallest absolute Gasteiger partial charge is 0.165 e. The number of rotatable bonds is 10. The maximum atomic E-state index is 10.8. The third-order valence-corrected chi connectivity index (χ3v) is 5.70. The van der Waals surface area contributed by atoms with Crippen LogP contribution in [0, 0.1) is 0 Å². The molecule has 4 atom stereocenters. The minimum Gasteiger partial charge on any atom is -0.374 e. The van der Waals surface area contributed by atoms with Crippen LogP contribution in [0.4, 0.5) is 0 Å². The summed E-state index contributed by atoms with van der Waals surface area (Å²) in [5.74, 6) is -1.32. The highest BCUT2D eigenvalue weighted by atomic mass is 16.7. The molecule has 0 saturated carbocycles. The summed E-state index contributed by atoms with van der Waals surface area (Å²) < 4.78 is 24.6. The number of ether oxygens (including phenoxy) is 4. The van der Waals surface area contributed by atoms with E-state index in [0.29, 0.717) is 26.2 Å². The third-order valence-electron chi connectivity index (χ3n) is 5.70. The van der Waals surface area contributed by atoms with Crippen molar-refractivity contribution in [2.24, 2.45) is 0 Å². The number of aliphatic hydroxyl groups is 1. The topological polar surface area (TPSA) is 57.2 Å². The first kappa shape index (κ1) is 23.6. The summed E-state index contributed by atoms with van der Waals surface area (Å²) in [4.78, 5) is 0. The van der Waals surface area contributed by atoms with Crippen molar-refractivity contribution in [3.8, 4) is 0 Å². The Labute approximate surface area is 195 Å². The van der Waals surface area contributed by atoms with Gasteiger partial charge >= 0.3 is 0 Å². The molecule has 5 nitrogen and oxygen atoms in total. The summed E-state index contributed by atoms with van der Waals surface area (Å²) in [6.07, 6.45) is -0.885. The molecule has 0 radical (unpaired) electrons. The number of benzene rings is 3. The van der Waals surface area contributed by atoms with E-state index in [1.54, 1.807) is 6.92 Å². The van der Waals surface area contributed by atoms with Crippen molar-refractivity contribution in [1.29, 1.82) is 0 Å². The van der Waals surface area contributed by atoms with Gasteiger partial charge in [-0.25, -0.2) is 0 Å². The largest absolute Gasteiger partial charge is 0.374 e. The SMILES string of the molecule is C[C@@]1(O)C[C@@H](OCc2ccccc2)[C@@H](OCc2ccccc2)[C@@H](COCc2ccccc2)O1. The molecule has 0 amide bonds. The fraction of sp³-hybridized carbons (Fsp3) is 0.357. The van der Waals surface area contributed by atoms with Gasteiger partial charge in [-0.15, -0.1) is 0 Å². The highest BCUT2D eigenvalue weighted by molar-refractivity contribution is 5.15. The van der Waals surface area contributed by atoms with E-state index in [1.165, 1.54) is 0 Å². The van der Waals surface area contributed by atoms with Crippen LogP contribution in [0.25, 0.3) is 0 Å². The molecule has 3 aromatic rings. The fourth-order valence-corrected chi connectivity index (χ4v) is 4.08. The normalized spacial score (nSPS) is 25.1. The lowest BCUT2D eigenvalue weighted by Gasteiger charge is -2.44. The van der Waals surface area contributed by atoms with Crippen LogP contribution in [-0.2, 0) is 38.8 Å². The second kappa shape index (κ2) is 11.5. The Kier molecular flexibility index (Phi) is 8.26. The highest BCUT2D eigenvalue weighted by Gasteiger charge is 2.45. The number of hydrogen-bond donors (Lipinski definition) is 1. The molecule has 5 heteroatoms. The molecular weight excluding hydrogens is 416 g/mol. The van der Waals surface area contributed by atoms with Crippen LogP contribution < -0.4 is 0 Å². The summed E-state index contributed by atoms with van der Waals surface area (Å²) in [5.41, 5.74) is 3.22. The van der Waals surface area contributed by atoms with Gasteiger partial charge in [0.05, 0.1) is 32.5 Å². The maximum Gasteiger partial charge on any atom is 0.165 e. The molecule has 0 unspecified atom stereocenters. The van der Waals surface area contributed by atoms with Crippen LogP contribution in [0.5, 0.6) is 0 Å².